The molecule has 2 aromatic rings. The van der Waals surface area contributed by atoms with Gasteiger partial charge in [-0.2, -0.15) is 0 Å². The Bertz CT molecular complexity index is 1160. The van der Waals surface area contributed by atoms with Crippen LogP contribution in [0.25, 0.3) is 0 Å². The first-order valence-electron chi connectivity index (χ1n) is 11.7. The van der Waals surface area contributed by atoms with Gasteiger partial charge in [0.25, 0.3) is 0 Å². The zero-order chi connectivity index (χ0) is 26.9. The molecule has 0 aliphatic carbocycles. The third-order valence-corrected chi connectivity index (χ3v) is 7.56. The summed E-state index contributed by atoms with van der Waals surface area (Å²) in [6.45, 7) is 4.49. The van der Waals surface area contributed by atoms with Gasteiger partial charge >= 0.3 is 0 Å². The van der Waals surface area contributed by atoms with E-state index < -0.39 is 16.1 Å². The lowest BCUT2D eigenvalue weighted by Crippen LogP contribution is -2.49. The number of hydrogen-bond donors (Lipinski definition) is 1. The molecule has 0 unspecified atom stereocenters. The van der Waals surface area contributed by atoms with Gasteiger partial charge in [0.15, 0.2) is 0 Å². The average Bonchev–Trinajstić information content (AvgIpc) is 2.80. The standard InChI is InChI=1S/C25H32Cl3N3O4S/c1-4-13-29-25(33)23(5-2)30(17-18-11-12-20(27)16-22(18)28)24(32)10-7-14-31(36(3,34)35)21-9-6-8-19(26)15-21/h6,8-9,11-12,15-16,23H,4-5,7,10,13-14,17H2,1-3H3,(H,29,33)/t23-/m1/s1. The molecule has 7 nitrogen and oxygen atoms in total. The molecule has 0 bridgehead atoms. The minimum absolute atomic E-state index is 0.0371. The fourth-order valence-corrected chi connectivity index (χ4v) is 5.36. The average molecular weight is 577 g/mol. The van der Waals surface area contributed by atoms with Crippen molar-refractivity contribution in [2.24, 2.45) is 0 Å². The van der Waals surface area contributed by atoms with E-state index in [9.17, 15) is 18.0 Å². The first-order chi connectivity index (χ1) is 17.0. The van der Waals surface area contributed by atoms with Crippen LogP contribution >= 0.6 is 34.8 Å². The van der Waals surface area contributed by atoms with Crippen molar-refractivity contribution in [3.05, 3.63) is 63.1 Å². The largest absolute Gasteiger partial charge is 0.354 e. The molecule has 0 saturated carbocycles. The quantitative estimate of drug-likeness (QED) is 0.340. The maximum absolute atomic E-state index is 13.4. The molecule has 1 atom stereocenters. The lowest BCUT2D eigenvalue weighted by Gasteiger charge is -2.31. The molecule has 36 heavy (non-hydrogen) atoms. The van der Waals surface area contributed by atoms with Crippen molar-refractivity contribution in [1.29, 1.82) is 0 Å². The van der Waals surface area contributed by atoms with Crippen LogP contribution in [0.1, 0.15) is 45.1 Å². The van der Waals surface area contributed by atoms with E-state index in [1.165, 1.54) is 9.21 Å². The van der Waals surface area contributed by atoms with Crippen molar-refractivity contribution in [1.82, 2.24) is 10.2 Å². The molecule has 2 amide bonds. The van der Waals surface area contributed by atoms with Gasteiger partial charge in [-0.25, -0.2) is 8.42 Å². The molecule has 0 saturated heterocycles. The van der Waals surface area contributed by atoms with E-state index in [-0.39, 0.29) is 37.7 Å². The van der Waals surface area contributed by atoms with Crippen LogP contribution < -0.4 is 9.62 Å². The number of anilines is 1. The lowest BCUT2D eigenvalue weighted by molar-refractivity contribution is -0.141. The molecule has 0 spiro atoms. The number of halogens is 3. The summed E-state index contributed by atoms with van der Waals surface area (Å²) in [6, 6.07) is 10.8. The molecule has 0 aromatic heterocycles. The number of carbonyl (C=O) groups excluding carboxylic acids is 2. The molecular weight excluding hydrogens is 545 g/mol. The van der Waals surface area contributed by atoms with Crippen molar-refractivity contribution >= 4 is 62.3 Å². The first-order valence-corrected chi connectivity index (χ1v) is 14.7. The van der Waals surface area contributed by atoms with Gasteiger partial charge in [0, 0.05) is 41.1 Å². The van der Waals surface area contributed by atoms with Crippen molar-refractivity contribution in [2.75, 3.05) is 23.7 Å². The molecule has 198 valence electrons. The second-order valence-electron chi connectivity index (χ2n) is 8.39. The third-order valence-electron chi connectivity index (χ3n) is 5.54. The van der Waals surface area contributed by atoms with Crippen LogP contribution in [-0.2, 0) is 26.2 Å². The Balaban J connectivity index is 2.24. The Morgan fingerprint density at radius 1 is 1.03 bits per heavy atom. The number of nitrogens with zero attached hydrogens (tertiary/aromatic N) is 2. The number of hydrogen-bond acceptors (Lipinski definition) is 4. The van der Waals surface area contributed by atoms with E-state index in [4.69, 9.17) is 34.8 Å². The molecule has 2 aromatic carbocycles. The zero-order valence-electron chi connectivity index (χ0n) is 20.6. The minimum Gasteiger partial charge on any atom is -0.354 e. The fraction of sp³-hybridized carbons (Fsp3) is 0.440. The number of amides is 2. The number of carbonyl (C=O) groups is 2. The van der Waals surface area contributed by atoms with E-state index in [1.54, 1.807) is 42.5 Å². The van der Waals surface area contributed by atoms with Crippen molar-refractivity contribution in [2.45, 2.75) is 52.1 Å². The monoisotopic (exact) mass is 575 g/mol. The molecule has 0 heterocycles. The maximum Gasteiger partial charge on any atom is 0.242 e. The summed E-state index contributed by atoms with van der Waals surface area (Å²) < 4.78 is 26.0. The number of sulfonamides is 1. The lowest BCUT2D eigenvalue weighted by atomic mass is 10.1. The minimum atomic E-state index is -3.60. The first kappa shape index (κ1) is 30.2. The summed E-state index contributed by atoms with van der Waals surface area (Å²) in [5.74, 6) is -0.520. The molecule has 2 rings (SSSR count). The molecule has 0 radical (unpaired) electrons. The molecule has 0 fully saturated rings. The predicted molar refractivity (Wildman–Crippen MR) is 147 cm³/mol. The van der Waals surface area contributed by atoms with Crippen LogP contribution in [0.15, 0.2) is 42.5 Å². The van der Waals surface area contributed by atoms with Crippen LogP contribution in [0.3, 0.4) is 0 Å². The summed E-state index contributed by atoms with van der Waals surface area (Å²) in [4.78, 5) is 27.8. The van der Waals surface area contributed by atoms with Crippen molar-refractivity contribution in [3.63, 3.8) is 0 Å². The van der Waals surface area contributed by atoms with E-state index in [0.29, 0.717) is 39.3 Å². The zero-order valence-corrected chi connectivity index (χ0v) is 23.7. The molecular formula is C25H32Cl3N3O4S. The predicted octanol–water partition coefficient (Wildman–Crippen LogP) is 5.53. The van der Waals surface area contributed by atoms with Crippen LogP contribution in [0.2, 0.25) is 15.1 Å². The highest BCUT2D eigenvalue weighted by Gasteiger charge is 2.29. The Labute approximate surface area is 228 Å². The van der Waals surface area contributed by atoms with Crippen LogP contribution in [0.4, 0.5) is 5.69 Å². The summed E-state index contributed by atoms with van der Waals surface area (Å²) in [6.07, 6.45) is 2.57. The highest BCUT2D eigenvalue weighted by Crippen LogP contribution is 2.25. The van der Waals surface area contributed by atoms with Gasteiger partial charge in [0.05, 0.1) is 11.9 Å². The molecule has 0 aliphatic rings. The topological polar surface area (TPSA) is 86.8 Å². The molecule has 1 N–H and O–H groups in total. The van der Waals surface area contributed by atoms with Crippen LogP contribution in [0, 0.1) is 0 Å². The highest BCUT2D eigenvalue weighted by molar-refractivity contribution is 7.92. The van der Waals surface area contributed by atoms with E-state index in [0.717, 1.165) is 12.7 Å². The number of rotatable bonds is 13. The summed E-state index contributed by atoms with van der Waals surface area (Å²) in [5.41, 5.74) is 1.08. The van der Waals surface area contributed by atoms with Crippen molar-refractivity contribution < 1.29 is 18.0 Å². The van der Waals surface area contributed by atoms with E-state index in [2.05, 4.69) is 5.32 Å². The van der Waals surface area contributed by atoms with Gasteiger partial charge in [0.2, 0.25) is 21.8 Å². The Morgan fingerprint density at radius 3 is 2.31 bits per heavy atom. The fourth-order valence-electron chi connectivity index (χ4n) is 3.75. The van der Waals surface area contributed by atoms with Crippen LogP contribution in [0.5, 0.6) is 0 Å². The normalized spacial score (nSPS) is 12.2. The van der Waals surface area contributed by atoms with Crippen molar-refractivity contribution in [3.8, 4) is 0 Å². The smallest absolute Gasteiger partial charge is 0.242 e. The van der Waals surface area contributed by atoms with Gasteiger partial charge in [-0.1, -0.05) is 60.8 Å². The SMILES string of the molecule is CCCNC(=O)[C@@H](CC)N(Cc1ccc(Cl)cc1Cl)C(=O)CCCN(c1cccc(Cl)c1)S(C)(=O)=O. The second kappa shape index (κ2) is 14.1. The third kappa shape index (κ3) is 8.83. The maximum atomic E-state index is 13.4. The Kier molecular flexibility index (Phi) is 11.8. The van der Waals surface area contributed by atoms with E-state index >= 15 is 0 Å². The van der Waals surface area contributed by atoms with E-state index in [1.807, 2.05) is 13.8 Å². The Morgan fingerprint density at radius 2 is 1.72 bits per heavy atom. The number of benzene rings is 2. The summed E-state index contributed by atoms with van der Waals surface area (Å²) >= 11 is 18.4. The molecule has 0 aliphatic heterocycles. The van der Waals surface area contributed by atoms with Gasteiger partial charge < -0.3 is 10.2 Å². The summed E-state index contributed by atoms with van der Waals surface area (Å²) in [7, 11) is -3.60. The van der Waals surface area contributed by atoms with Gasteiger partial charge in [-0.15, -0.1) is 0 Å². The van der Waals surface area contributed by atoms with Gasteiger partial charge in [0.1, 0.15) is 6.04 Å². The highest BCUT2D eigenvalue weighted by atomic mass is 35.5. The molecule has 11 heteroatoms. The van der Waals surface area contributed by atoms with Crippen LogP contribution in [-0.4, -0.2) is 50.5 Å². The second-order valence-corrected chi connectivity index (χ2v) is 11.6. The Hall–Kier alpha value is -2.00. The summed E-state index contributed by atoms with van der Waals surface area (Å²) in [5, 5.41) is 4.14. The van der Waals surface area contributed by atoms with Gasteiger partial charge in [-0.3, -0.25) is 13.9 Å². The number of nitrogens with one attached hydrogen (secondary N) is 1. The van der Waals surface area contributed by atoms with Gasteiger partial charge in [-0.05, 0) is 55.2 Å².